The Kier molecular flexibility index (Phi) is 3.59. The summed E-state index contributed by atoms with van der Waals surface area (Å²) in [6.07, 6.45) is 7.42. The maximum atomic E-state index is 3.75. The lowest BCUT2D eigenvalue weighted by Gasteiger charge is -2.27. The van der Waals surface area contributed by atoms with Crippen LogP contribution in [0.1, 0.15) is 6.92 Å². The lowest BCUT2D eigenvalue weighted by Crippen LogP contribution is -2.19. The molecule has 0 rings (SSSR count). The molecule has 0 spiro atoms. The van der Waals surface area contributed by atoms with Crippen LogP contribution >= 0.6 is 0 Å². The van der Waals surface area contributed by atoms with E-state index in [1.807, 2.05) is 24.3 Å². The van der Waals surface area contributed by atoms with Crippen LogP contribution in [0.2, 0.25) is 0 Å². The average molecular weight is 148 g/mol. The molecule has 0 aromatic heterocycles. The standard InChI is InChI=1S/C11H16/c1-6-10(5)11(7-2,8-3)9-4/h6-10H,1-4H2,5H3. The van der Waals surface area contributed by atoms with Crippen molar-refractivity contribution in [2.24, 2.45) is 11.3 Å². The quantitative estimate of drug-likeness (QED) is 0.524. The first-order valence-corrected chi connectivity index (χ1v) is 3.70. The van der Waals surface area contributed by atoms with Gasteiger partial charge in [-0.2, -0.15) is 0 Å². The third-order valence-electron chi connectivity index (χ3n) is 2.20. The van der Waals surface area contributed by atoms with E-state index in [1.165, 1.54) is 0 Å². The number of allylic oxidation sites excluding steroid dienone is 4. The predicted octanol–water partition coefficient (Wildman–Crippen LogP) is 3.35. The van der Waals surface area contributed by atoms with E-state index in [0.29, 0.717) is 5.92 Å². The van der Waals surface area contributed by atoms with E-state index >= 15 is 0 Å². The second-order valence-corrected chi connectivity index (χ2v) is 2.64. The zero-order valence-corrected chi connectivity index (χ0v) is 7.22. The maximum absolute atomic E-state index is 3.75. The molecule has 0 fully saturated rings. The van der Waals surface area contributed by atoms with Gasteiger partial charge in [0.15, 0.2) is 0 Å². The van der Waals surface area contributed by atoms with E-state index in [1.54, 1.807) is 0 Å². The minimum Gasteiger partial charge on any atom is -0.103 e. The second kappa shape index (κ2) is 3.97. The summed E-state index contributed by atoms with van der Waals surface area (Å²) < 4.78 is 0. The molecular formula is C11H16. The van der Waals surface area contributed by atoms with Crippen LogP contribution in [0.3, 0.4) is 0 Å². The topological polar surface area (TPSA) is 0 Å². The minimum absolute atomic E-state index is 0.193. The minimum atomic E-state index is -0.193. The summed E-state index contributed by atoms with van der Waals surface area (Å²) in [5, 5.41) is 0. The Bertz CT molecular complexity index is 153. The molecule has 0 saturated carbocycles. The van der Waals surface area contributed by atoms with Crippen LogP contribution in [0.5, 0.6) is 0 Å². The van der Waals surface area contributed by atoms with Crippen LogP contribution in [0, 0.1) is 11.3 Å². The predicted molar refractivity (Wildman–Crippen MR) is 52.4 cm³/mol. The van der Waals surface area contributed by atoms with Gasteiger partial charge < -0.3 is 0 Å². The van der Waals surface area contributed by atoms with Crippen molar-refractivity contribution in [3.8, 4) is 0 Å². The summed E-state index contributed by atoms with van der Waals surface area (Å²) in [5.74, 6) is 0.301. The number of rotatable bonds is 5. The van der Waals surface area contributed by atoms with Crippen LogP contribution in [-0.4, -0.2) is 0 Å². The largest absolute Gasteiger partial charge is 0.103 e. The van der Waals surface area contributed by atoms with E-state index in [9.17, 15) is 0 Å². The van der Waals surface area contributed by atoms with Crippen molar-refractivity contribution >= 4 is 0 Å². The molecule has 0 radical (unpaired) electrons. The first-order chi connectivity index (χ1) is 5.16. The van der Waals surface area contributed by atoms with Gasteiger partial charge in [-0.05, 0) is 5.92 Å². The van der Waals surface area contributed by atoms with Gasteiger partial charge >= 0.3 is 0 Å². The normalized spacial score (nSPS) is 13.2. The van der Waals surface area contributed by atoms with Crippen LogP contribution in [0.4, 0.5) is 0 Å². The first-order valence-electron chi connectivity index (χ1n) is 3.70. The summed E-state index contributed by atoms with van der Waals surface area (Å²) in [5.41, 5.74) is -0.193. The molecule has 11 heavy (non-hydrogen) atoms. The molecule has 0 aromatic carbocycles. The van der Waals surface area contributed by atoms with Gasteiger partial charge in [-0.15, -0.1) is 26.3 Å². The van der Waals surface area contributed by atoms with Crippen molar-refractivity contribution in [3.63, 3.8) is 0 Å². The van der Waals surface area contributed by atoms with Crippen LogP contribution in [0.25, 0.3) is 0 Å². The molecule has 0 aliphatic heterocycles. The smallest absolute Gasteiger partial charge is 0.0294 e. The highest BCUT2D eigenvalue weighted by molar-refractivity contribution is 5.20. The second-order valence-electron chi connectivity index (χ2n) is 2.64. The van der Waals surface area contributed by atoms with E-state index in [0.717, 1.165) is 0 Å². The Hall–Kier alpha value is -1.04. The zero-order chi connectivity index (χ0) is 8.91. The van der Waals surface area contributed by atoms with Gasteiger partial charge in [0.2, 0.25) is 0 Å². The van der Waals surface area contributed by atoms with Crippen molar-refractivity contribution in [2.45, 2.75) is 6.92 Å². The molecule has 0 heterocycles. The van der Waals surface area contributed by atoms with Crippen molar-refractivity contribution in [3.05, 3.63) is 50.6 Å². The van der Waals surface area contributed by atoms with Crippen LogP contribution in [0.15, 0.2) is 50.6 Å². The summed E-state index contributed by atoms with van der Waals surface area (Å²) in [7, 11) is 0. The Morgan fingerprint density at radius 3 is 1.45 bits per heavy atom. The highest BCUT2D eigenvalue weighted by Gasteiger charge is 2.23. The molecule has 0 aliphatic carbocycles. The lowest BCUT2D eigenvalue weighted by atomic mass is 9.77. The van der Waals surface area contributed by atoms with Gasteiger partial charge in [0.25, 0.3) is 0 Å². The third kappa shape index (κ3) is 1.70. The van der Waals surface area contributed by atoms with Crippen LogP contribution < -0.4 is 0 Å². The van der Waals surface area contributed by atoms with E-state index in [2.05, 4.69) is 33.2 Å². The lowest BCUT2D eigenvalue weighted by molar-refractivity contribution is 0.484. The number of hydrogen-bond donors (Lipinski definition) is 0. The molecule has 0 amide bonds. The van der Waals surface area contributed by atoms with Gasteiger partial charge in [-0.25, -0.2) is 0 Å². The molecule has 0 nitrogen and oxygen atoms in total. The SMILES string of the molecule is C=CC(C)C(C=C)(C=C)C=C. The van der Waals surface area contributed by atoms with Crippen molar-refractivity contribution in [2.75, 3.05) is 0 Å². The molecule has 0 N–H and O–H groups in total. The molecular weight excluding hydrogens is 132 g/mol. The Morgan fingerprint density at radius 1 is 1.00 bits per heavy atom. The third-order valence-corrected chi connectivity index (χ3v) is 2.20. The fourth-order valence-electron chi connectivity index (χ4n) is 1.01. The fraction of sp³-hybridized carbons (Fsp3) is 0.273. The number of hydrogen-bond acceptors (Lipinski definition) is 0. The molecule has 0 saturated heterocycles. The summed E-state index contributed by atoms with van der Waals surface area (Å²) in [4.78, 5) is 0. The molecule has 60 valence electrons. The van der Waals surface area contributed by atoms with Crippen LogP contribution in [-0.2, 0) is 0 Å². The maximum Gasteiger partial charge on any atom is 0.0294 e. The van der Waals surface area contributed by atoms with Gasteiger partial charge in [-0.3, -0.25) is 0 Å². The van der Waals surface area contributed by atoms with E-state index < -0.39 is 0 Å². The first kappa shape index (κ1) is 9.96. The highest BCUT2D eigenvalue weighted by atomic mass is 14.3. The fourth-order valence-corrected chi connectivity index (χ4v) is 1.01. The molecule has 1 atom stereocenters. The molecule has 0 bridgehead atoms. The summed E-state index contributed by atoms with van der Waals surface area (Å²) in [6, 6.07) is 0. The Balaban J connectivity index is 4.80. The Labute approximate surface area is 69.6 Å². The Morgan fingerprint density at radius 2 is 1.36 bits per heavy atom. The average Bonchev–Trinajstić information content (AvgIpc) is 2.08. The zero-order valence-electron chi connectivity index (χ0n) is 7.22. The monoisotopic (exact) mass is 148 g/mol. The molecule has 0 aromatic rings. The molecule has 1 unspecified atom stereocenters. The van der Waals surface area contributed by atoms with Crippen molar-refractivity contribution in [1.82, 2.24) is 0 Å². The van der Waals surface area contributed by atoms with Crippen molar-refractivity contribution < 1.29 is 0 Å². The molecule has 0 heteroatoms. The van der Waals surface area contributed by atoms with Gasteiger partial charge in [0, 0.05) is 5.41 Å². The van der Waals surface area contributed by atoms with Crippen molar-refractivity contribution in [1.29, 1.82) is 0 Å². The van der Waals surface area contributed by atoms with E-state index in [4.69, 9.17) is 0 Å². The van der Waals surface area contributed by atoms with Gasteiger partial charge in [0.1, 0.15) is 0 Å². The summed E-state index contributed by atoms with van der Waals surface area (Å²) >= 11 is 0. The summed E-state index contributed by atoms with van der Waals surface area (Å²) in [6.45, 7) is 17.1. The van der Waals surface area contributed by atoms with Gasteiger partial charge in [-0.1, -0.05) is 31.2 Å². The van der Waals surface area contributed by atoms with E-state index in [-0.39, 0.29) is 5.41 Å². The van der Waals surface area contributed by atoms with Gasteiger partial charge in [0.05, 0.1) is 0 Å². The molecule has 0 aliphatic rings. The highest BCUT2D eigenvalue weighted by Crippen LogP contribution is 2.32.